The maximum atomic E-state index is 12.1. The van der Waals surface area contributed by atoms with Gasteiger partial charge in [-0.2, -0.15) is 0 Å². The summed E-state index contributed by atoms with van der Waals surface area (Å²) in [5.74, 6) is -0.148. The normalized spacial score (nSPS) is 12.6. The average molecular weight is 268 g/mol. The first-order chi connectivity index (χ1) is 8.34. The molecule has 1 aromatic carbocycles. The molecule has 0 atom stereocenters. The summed E-state index contributed by atoms with van der Waals surface area (Å²) in [5, 5.41) is 0. The minimum absolute atomic E-state index is 0.148. The fraction of sp³-hybridized carbons (Fsp3) is 0.250. The summed E-state index contributed by atoms with van der Waals surface area (Å²) in [4.78, 5) is 11.1. The smallest absolute Gasteiger partial charge is 0.259 e. The fourth-order valence-electron chi connectivity index (χ4n) is 1.40. The number of carbonyl (C=O) groups excluding carboxylic acids is 1. The van der Waals surface area contributed by atoms with Gasteiger partial charge in [0.25, 0.3) is 10.0 Å². The summed E-state index contributed by atoms with van der Waals surface area (Å²) >= 11 is 0. The molecule has 1 N–H and O–H groups in total. The molecule has 0 heterocycles. The minimum atomic E-state index is -3.60. The van der Waals surface area contributed by atoms with Gasteiger partial charge in [0.15, 0.2) is 5.78 Å². The quantitative estimate of drug-likeness (QED) is 0.646. The van der Waals surface area contributed by atoms with E-state index in [4.69, 9.17) is 0 Å². The molecule has 0 radical (unpaired) electrons. The Hall–Kier alpha value is -1.66. The van der Waals surface area contributed by atoms with Crippen LogP contribution in [0.5, 0.6) is 0 Å². The zero-order valence-corrected chi connectivity index (χ0v) is 11.4. The lowest BCUT2D eigenvalue weighted by molar-refractivity contribution is -0.112. The molecule has 0 saturated heterocycles. The molecule has 6 heteroatoms. The van der Waals surface area contributed by atoms with Gasteiger partial charge in [0.05, 0.1) is 4.90 Å². The molecule has 0 amide bonds. The summed E-state index contributed by atoms with van der Waals surface area (Å²) in [7, 11) is -2.21. The second-order valence-electron chi connectivity index (χ2n) is 3.84. The Kier molecular flexibility index (Phi) is 4.63. The van der Waals surface area contributed by atoms with Crippen LogP contribution in [0.1, 0.15) is 13.8 Å². The number of allylic oxidation sites excluding steroid dienone is 2. The highest BCUT2D eigenvalue weighted by Gasteiger charge is 2.20. The molecule has 0 bridgehead atoms. The summed E-state index contributed by atoms with van der Waals surface area (Å²) in [6, 6.07) is 8.07. The third kappa shape index (κ3) is 3.68. The number of hydrazine groups is 1. The van der Waals surface area contributed by atoms with Crippen LogP contribution in [0.2, 0.25) is 0 Å². The van der Waals surface area contributed by atoms with Crippen LogP contribution in [0.15, 0.2) is 47.0 Å². The van der Waals surface area contributed by atoms with Crippen LogP contribution >= 0.6 is 0 Å². The standard InChI is InChI=1S/C12H16N2O3S/c1-10(9-11(2)15)13-14(3)18(16,17)12-7-5-4-6-8-12/h4-9,13H,1-3H3/b10-9+. The number of sulfonamides is 1. The Morgan fingerprint density at radius 2 is 1.78 bits per heavy atom. The topological polar surface area (TPSA) is 66.5 Å². The van der Waals surface area contributed by atoms with Crippen LogP contribution in [0, 0.1) is 0 Å². The molecule has 1 aromatic rings. The number of benzene rings is 1. The molecule has 0 saturated carbocycles. The number of nitrogens with zero attached hydrogens (tertiary/aromatic N) is 1. The Morgan fingerprint density at radius 1 is 1.22 bits per heavy atom. The van der Waals surface area contributed by atoms with Crippen molar-refractivity contribution in [2.75, 3.05) is 7.05 Å². The molecule has 1 rings (SSSR count). The average Bonchev–Trinajstić information content (AvgIpc) is 2.28. The van der Waals surface area contributed by atoms with Gasteiger partial charge in [0.1, 0.15) is 0 Å². The van der Waals surface area contributed by atoms with Crippen molar-refractivity contribution in [1.82, 2.24) is 9.84 Å². The predicted octanol–water partition coefficient (Wildman–Crippen LogP) is 1.30. The van der Waals surface area contributed by atoms with E-state index in [1.165, 1.54) is 32.2 Å². The molecule has 0 aliphatic rings. The molecular formula is C12H16N2O3S. The van der Waals surface area contributed by atoms with E-state index in [1.807, 2.05) is 0 Å². The van der Waals surface area contributed by atoms with E-state index in [9.17, 15) is 13.2 Å². The van der Waals surface area contributed by atoms with Crippen LogP contribution in [0.4, 0.5) is 0 Å². The Balaban J connectivity index is 2.91. The third-order valence-electron chi connectivity index (χ3n) is 2.16. The maximum absolute atomic E-state index is 12.1. The molecule has 0 aromatic heterocycles. The van der Waals surface area contributed by atoms with E-state index in [1.54, 1.807) is 25.1 Å². The van der Waals surface area contributed by atoms with Gasteiger partial charge in [-0.1, -0.05) is 18.2 Å². The molecule has 0 aliphatic carbocycles. The first kappa shape index (κ1) is 14.4. The summed E-state index contributed by atoms with van der Waals surface area (Å²) < 4.78 is 25.2. The highest BCUT2D eigenvalue weighted by atomic mass is 32.2. The van der Waals surface area contributed by atoms with Gasteiger partial charge >= 0.3 is 0 Å². The van der Waals surface area contributed by atoms with E-state index in [2.05, 4.69) is 5.43 Å². The van der Waals surface area contributed by atoms with Crippen molar-refractivity contribution in [2.24, 2.45) is 0 Å². The minimum Gasteiger partial charge on any atom is -0.310 e. The highest BCUT2D eigenvalue weighted by molar-refractivity contribution is 7.89. The van der Waals surface area contributed by atoms with E-state index in [-0.39, 0.29) is 10.7 Å². The van der Waals surface area contributed by atoms with Crippen molar-refractivity contribution in [3.63, 3.8) is 0 Å². The van der Waals surface area contributed by atoms with Gasteiger partial charge in [0.2, 0.25) is 0 Å². The third-order valence-corrected chi connectivity index (χ3v) is 3.84. The molecule has 5 nitrogen and oxygen atoms in total. The lowest BCUT2D eigenvalue weighted by atomic mass is 10.3. The van der Waals surface area contributed by atoms with E-state index in [0.29, 0.717) is 5.70 Å². The molecule has 98 valence electrons. The van der Waals surface area contributed by atoms with Crippen molar-refractivity contribution in [3.8, 4) is 0 Å². The van der Waals surface area contributed by atoms with Crippen molar-refractivity contribution < 1.29 is 13.2 Å². The summed E-state index contributed by atoms with van der Waals surface area (Å²) in [6.45, 7) is 3.02. The summed E-state index contributed by atoms with van der Waals surface area (Å²) in [5.41, 5.74) is 3.10. The molecule has 0 fully saturated rings. The van der Waals surface area contributed by atoms with Gasteiger partial charge in [-0.05, 0) is 26.0 Å². The SMILES string of the molecule is CC(=O)/C=C(\C)NN(C)S(=O)(=O)c1ccccc1. The second-order valence-corrected chi connectivity index (χ2v) is 5.80. The molecular weight excluding hydrogens is 252 g/mol. The van der Waals surface area contributed by atoms with Crippen molar-refractivity contribution in [2.45, 2.75) is 18.7 Å². The predicted molar refractivity (Wildman–Crippen MR) is 69.0 cm³/mol. The first-order valence-electron chi connectivity index (χ1n) is 5.33. The van der Waals surface area contributed by atoms with Gasteiger partial charge in [-0.3, -0.25) is 4.79 Å². The van der Waals surface area contributed by atoms with Crippen LogP contribution in [0.25, 0.3) is 0 Å². The first-order valence-corrected chi connectivity index (χ1v) is 6.77. The number of hydrogen-bond donors (Lipinski definition) is 1. The van der Waals surface area contributed by atoms with Crippen LogP contribution in [0.3, 0.4) is 0 Å². The maximum Gasteiger partial charge on any atom is 0.259 e. The monoisotopic (exact) mass is 268 g/mol. The second kappa shape index (κ2) is 5.79. The zero-order chi connectivity index (χ0) is 13.8. The van der Waals surface area contributed by atoms with E-state index < -0.39 is 10.0 Å². The highest BCUT2D eigenvalue weighted by Crippen LogP contribution is 2.12. The van der Waals surface area contributed by atoms with E-state index in [0.717, 1.165) is 4.41 Å². The Morgan fingerprint density at radius 3 is 2.28 bits per heavy atom. The fourth-order valence-corrected chi connectivity index (χ4v) is 2.48. The Labute approximate surface area is 107 Å². The zero-order valence-electron chi connectivity index (χ0n) is 10.5. The van der Waals surface area contributed by atoms with Crippen LogP contribution in [-0.2, 0) is 14.8 Å². The van der Waals surface area contributed by atoms with E-state index >= 15 is 0 Å². The van der Waals surface area contributed by atoms with Gasteiger partial charge < -0.3 is 5.43 Å². The number of nitrogens with one attached hydrogen (secondary N) is 1. The van der Waals surface area contributed by atoms with Gasteiger partial charge in [-0.15, -0.1) is 4.41 Å². The van der Waals surface area contributed by atoms with Crippen LogP contribution < -0.4 is 5.43 Å². The van der Waals surface area contributed by atoms with Gasteiger partial charge in [-0.25, -0.2) is 8.42 Å². The molecule has 0 aliphatic heterocycles. The Bertz CT molecular complexity index is 550. The molecule has 18 heavy (non-hydrogen) atoms. The molecule has 0 unspecified atom stereocenters. The van der Waals surface area contributed by atoms with Crippen molar-refractivity contribution in [1.29, 1.82) is 0 Å². The van der Waals surface area contributed by atoms with Gasteiger partial charge in [0, 0.05) is 18.8 Å². The number of hydrogen-bond acceptors (Lipinski definition) is 4. The number of ketones is 1. The van der Waals surface area contributed by atoms with Crippen molar-refractivity contribution in [3.05, 3.63) is 42.1 Å². The summed E-state index contributed by atoms with van der Waals surface area (Å²) in [6.07, 6.45) is 1.33. The number of rotatable bonds is 5. The lowest BCUT2D eigenvalue weighted by Gasteiger charge is -2.19. The number of carbonyl (C=O) groups is 1. The molecule has 0 spiro atoms. The van der Waals surface area contributed by atoms with Crippen molar-refractivity contribution >= 4 is 15.8 Å². The lowest BCUT2D eigenvalue weighted by Crippen LogP contribution is -2.38. The van der Waals surface area contributed by atoms with Crippen LogP contribution in [-0.4, -0.2) is 25.7 Å². The largest absolute Gasteiger partial charge is 0.310 e.